The van der Waals surface area contributed by atoms with Crippen molar-refractivity contribution in [3.63, 3.8) is 0 Å². The van der Waals surface area contributed by atoms with Gasteiger partial charge in [-0.15, -0.1) is 0 Å². The lowest BCUT2D eigenvalue weighted by atomic mass is 10.0. The highest BCUT2D eigenvalue weighted by molar-refractivity contribution is 5.43. The molecule has 0 N–H and O–H groups in total. The molecule has 27 heavy (non-hydrogen) atoms. The second-order valence-corrected chi connectivity index (χ2v) is 7.30. The van der Waals surface area contributed by atoms with Gasteiger partial charge in [-0.05, 0) is 23.3 Å². The van der Waals surface area contributed by atoms with Crippen molar-refractivity contribution in [2.75, 3.05) is 40.0 Å². The summed E-state index contributed by atoms with van der Waals surface area (Å²) in [4.78, 5) is 2.45. The molecular weight excluding hydrogens is 342 g/mol. The SMILES string of the molecule is COc1ccc(CN2CCO[C@]3(CCOC3)C2)cc1OCc1ccccc1. The first-order chi connectivity index (χ1) is 13.3. The van der Waals surface area contributed by atoms with Gasteiger partial charge < -0.3 is 18.9 Å². The molecular formula is C22H27NO4. The van der Waals surface area contributed by atoms with Crippen LogP contribution in [-0.2, 0) is 22.6 Å². The molecule has 2 saturated heterocycles. The van der Waals surface area contributed by atoms with Gasteiger partial charge >= 0.3 is 0 Å². The van der Waals surface area contributed by atoms with E-state index in [0.717, 1.165) is 56.3 Å². The van der Waals surface area contributed by atoms with Gasteiger partial charge in [-0.1, -0.05) is 36.4 Å². The van der Waals surface area contributed by atoms with Crippen molar-refractivity contribution >= 4 is 0 Å². The van der Waals surface area contributed by atoms with Crippen molar-refractivity contribution < 1.29 is 18.9 Å². The third kappa shape index (κ3) is 4.43. The summed E-state index contributed by atoms with van der Waals surface area (Å²) < 4.78 is 23.1. The van der Waals surface area contributed by atoms with Crippen molar-refractivity contribution in [3.05, 3.63) is 59.7 Å². The van der Waals surface area contributed by atoms with E-state index in [1.54, 1.807) is 7.11 Å². The zero-order valence-electron chi connectivity index (χ0n) is 15.9. The number of benzene rings is 2. The summed E-state index contributed by atoms with van der Waals surface area (Å²) in [5.41, 5.74) is 2.24. The van der Waals surface area contributed by atoms with Gasteiger partial charge in [0.2, 0.25) is 0 Å². The Morgan fingerprint density at radius 2 is 1.93 bits per heavy atom. The molecule has 0 radical (unpaired) electrons. The van der Waals surface area contributed by atoms with Crippen LogP contribution >= 0.6 is 0 Å². The molecule has 2 aromatic rings. The quantitative estimate of drug-likeness (QED) is 0.782. The molecule has 2 aliphatic rings. The summed E-state index contributed by atoms with van der Waals surface area (Å²) >= 11 is 0. The lowest BCUT2D eigenvalue weighted by molar-refractivity contribution is -0.111. The van der Waals surface area contributed by atoms with Gasteiger partial charge in [0.25, 0.3) is 0 Å². The standard InChI is InChI=1S/C22H27NO4/c1-24-20-8-7-19(13-21(20)26-15-18-5-3-2-4-6-18)14-23-10-12-27-22(16-23)9-11-25-17-22/h2-8,13H,9-12,14-17H2,1H3/t22-/m1/s1. The van der Waals surface area contributed by atoms with Crippen LogP contribution in [0, 0.1) is 0 Å². The maximum atomic E-state index is 6.05. The fourth-order valence-electron chi connectivity index (χ4n) is 3.81. The first kappa shape index (κ1) is 18.3. The number of hydrogen-bond acceptors (Lipinski definition) is 5. The highest BCUT2D eigenvalue weighted by Crippen LogP contribution is 2.31. The lowest BCUT2D eigenvalue weighted by Gasteiger charge is -2.39. The van der Waals surface area contributed by atoms with E-state index >= 15 is 0 Å². The molecule has 0 aromatic heterocycles. The number of hydrogen-bond donors (Lipinski definition) is 0. The highest BCUT2D eigenvalue weighted by Gasteiger charge is 2.40. The molecule has 2 fully saturated rings. The average molecular weight is 369 g/mol. The molecule has 4 rings (SSSR count). The van der Waals surface area contributed by atoms with E-state index in [9.17, 15) is 0 Å². The maximum absolute atomic E-state index is 6.05. The van der Waals surface area contributed by atoms with Crippen LogP contribution in [0.4, 0.5) is 0 Å². The predicted molar refractivity (Wildman–Crippen MR) is 103 cm³/mol. The molecule has 144 valence electrons. The van der Waals surface area contributed by atoms with Crippen molar-refractivity contribution in [3.8, 4) is 11.5 Å². The molecule has 5 nitrogen and oxygen atoms in total. The summed E-state index contributed by atoms with van der Waals surface area (Å²) in [5, 5.41) is 0. The van der Waals surface area contributed by atoms with E-state index in [2.05, 4.69) is 29.2 Å². The van der Waals surface area contributed by atoms with Crippen LogP contribution in [0.15, 0.2) is 48.5 Å². The number of rotatable bonds is 6. The highest BCUT2D eigenvalue weighted by atomic mass is 16.6. The molecule has 0 unspecified atom stereocenters. The Morgan fingerprint density at radius 3 is 2.70 bits per heavy atom. The van der Waals surface area contributed by atoms with Crippen LogP contribution in [0.1, 0.15) is 17.5 Å². The number of nitrogens with zero attached hydrogens (tertiary/aromatic N) is 1. The Kier molecular flexibility index (Phi) is 5.62. The van der Waals surface area contributed by atoms with Gasteiger partial charge in [0.05, 0.1) is 20.3 Å². The van der Waals surface area contributed by atoms with Crippen LogP contribution in [0.3, 0.4) is 0 Å². The zero-order chi connectivity index (χ0) is 18.5. The number of methoxy groups -OCH3 is 1. The summed E-state index contributed by atoms with van der Waals surface area (Å²) in [7, 11) is 1.68. The Hall–Kier alpha value is -2.08. The van der Waals surface area contributed by atoms with Gasteiger partial charge in [-0.2, -0.15) is 0 Å². The second-order valence-electron chi connectivity index (χ2n) is 7.30. The van der Waals surface area contributed by atoms with Crippen LogP contribution in [0.5, 0.6) is 11.5 Å². The van der Waals surface area contributed by atoms with Crippen LogP contribution in [0.25, 0.3) is 0 Å². The van der Waals surface area contributed by atoms with Gasteiger partial charge in [-0.3, -0.25) is 4.90 Å². The van der Waals surface area contributed by atoms with Gasteiger partial charge in [0.1, 0.15) is 12.2 Å². The van der Waals surface area contributed by atoms with Crippen molar-refractivity contribution in [2.45, 2.75) is 25.2 Å². The van der Waals surface area contributed by atoms with Gasteiger partial charge in [-0.25, -0.2) is 0 Å². The number of ether oxygens (including phenoxy) is 4. The summed E-state index contributed by atoms with van der Waals surface area (Å²) in [5.74, 6) is 1.54. The minimum Gasteiger partial charge on any atom is -0.493 e. The Bertz CT molecular complexity index is 743. The van der Waals surface area contributed by atoms with Crippen LogP contribution in [0.2, 0.25) is 0 Å². The normalized spacial score (nSPS) is 22.9. The fraction of sp³-hybridized carbons (Fsp3) is 0.455. The minimum atomic E-state index is -0.114. The third-order valence-electron chi connectivity index (χ3n) is 5.27. The summed E-state index contributed by atoms with van der Waals surface area (Å²) in [6, 6.07) is 16.4. The Morgan fingerprint density at radius 1 is 1.04 bits per heavy atom. The molecule has 0 saturated carbocycles. The molecule has 2 aromatic carbocycles. The molecule has 1 spiro atoms. The minimum absolute atomic E-state index is 0.114. The number of morpholine rings is 1. The van der Waals surface area contributed by atoms with E-state index in [-0.39, 0.29) is 5.60 Å². The first-order valence-electron chi connectivity index (χ1n) is 9.54. The molecule has 5 heteroatoms. The molecule has 0 aliphatic carbocycles. The average Bonchev–Trinajstić information content (AvgIpc) is 3.15. The molecule has 1 atom stereocenters. The first-order valence-corrected chi connectivity index (χ1v) is 9.54. The third-order valence-corrected chi connectivity index (χ3v) is 5.27. The van der Waals surface area contributed by atoms with Crippen LogP contribution < -0.4 is 9.47 Å². The van der Waals surface area contributed by atoms with Crippen LogP contribution in [-0.4, -0.2) is 50.5 Å². The topological polar surface area (TPSA) is 40.2 Å². The van der Waals surface area contributed by atoms with E-state index < -0.39 is 0 Å². The fourth-order valence-corrected chi connectivity index (χ4v) is 3.81. The zero-order valence-corrected chi connectivity index (χ0v) is 15.9. The van der Waals surface area contributed by atoms with E-state index in [4.69, 9.17) is 18.9 Å². The maximum Gasteiger partial charge on any atom is 0.161 e. The smallest absolute Gasteiger partial charge is 0.161 e. The van der Waals surface area contributed by atoms with Gasteiger partial charge in [0, 0.05) is 32.7 Å². The van der Waals surface area contributed by atoms with Crippen molar-refractivity contribution in [1.29, 1.82) is 0 Å². The Balaban J connectivity index is 1.43. The summed E-state index contributed by atoms with van der Waals surface area (Å²) in [6.45, 7) is 5.52. The van der Waals surface area contributed by atoms with Crippen molar-refractivity contribution in [1.82, 2.24) is 4.90 Å². The summed E-state index contributed by atoms with van der Waals surface area (Å²) in [6.07, 6.45) is 0.984. The Labute approximate surface area is 160 Å². The monoisotopic (exact) mass is 369 g/mol. The van der Waals surface area contributed by atoms with Gasteiger partial charge in [0.15, 0.2) is 11.5 Å². The molecule has 0 amide bonds. The lowest BCUT2D eigenvalue weighted by Crippen LogP contribution is -2.51. The second kappa shape index (κ2) is 8.30. The van der Waals surface area contributed by atoms with Crippen molar-refractivity contribution in [2.24, 2.45) is 0 Å². The molecule has 2 aliphatic heterocycles. The van der Waals surface area contributed by atoms with E-state index in [0.29, 0.717) is 13.2 Å². The largest absolute Gasteiger partial charge is 0.493 e. The predicted octanol–water partition coefficient (Wildman–Crippen LogP) is 3.27. The van der Waals surface area contributed by atoms with E-state index in [1.165, 1.54) is 5.56 Å². The van der Waals surface area contributed by atoms with E-state index in [1.807, 2.05) is 24.3 Å². The molecule has 2 heterocycles. The molecule has 0 bridgehead atoms.